The van der Waals surface area contributed by atoms with Gasteiger partial charge in [0.05, 0.1) is 0 Å². The SMILES string of the molecule is O=Cc1ccccc1-c1ccc(Br)cc1Br. The summed E-state index contributed by atoms with van der Waals surface area (Å²) >= 11 is 6.91. The lowest BCUT2D eigenvalue weighted by molar-refractivity contribution is 0.112. The van der Waals surface area contributed by atoms with Crippen LogP contribution in [0.15, 0.2) is 51.4 Å². The van der Waals surface area contributed by atoms with E-state index in [0.29, 0.717) is 5.56 Å². The van der Waals surface area contributed by atoms with Crippen molar-refractivity contribution in [3.05, 3.63) is 57.0 Å². The molecule has 0 heterocycles. The van der Waals surface area contributed by atoms with E-state index in [0.717, 1.165) is 26.4 Å². The van der Waals surface area contributed by atoms with Gasteiger partial charge in [-0.15, -0.1) is 0 Å². The van der Waals surface area contributed by atoms with Crippen LogP contribution in [0.25, 0.3) is 11.1 Å². The third kappa shape index (κ3) is 2.25. The lowest BCUT2D eigenvalue weighted by Crippen LogP contribution is -1.87. The lowest BCUT2D eigenvalue weighted by atomic mass is 10.0. The van der Waals surface area contributed by atoms with Gasteiger partial charge in [-0.2, -0.15) is 0 Å². The maximum Gasteiger partial charge on any atom is 0.150 e. The predicted molar refractivity (Wildman–Crippen MR) is 72.7 cm³/mol. The molecule has 2 aromatic rings. The summed E-state index contributed by atoms with van der Waals surface area (Å²) in [6, 6.07) is 13.5. The van der Waals surface area contributed by atoms with E-state index in [4.69, 9.17) is 0 Å². The highest BCUT2D eigenvalue weighted by Gasteiger charge is 2.07. The third-order valence-electron chi connectivity index (χ3n) is 2.31. The van der Waals surface area contributed by atoms with Crippen molar-refractivity contribution in [2.75, 3.05) is 0 Å². The van der Waals surface area contributed by atoms with Gasteiger partial charge < -0.3 is 0 Å². The first-order valence-corrected chi connectivity index (χ1v) is 6.30. The number of aldehydes is 1. The molecule has 0 atom stereocenters. The van der Waals surface area contributed by atoms with Crippen LogP contribution in [0.1, 0.15) is 10.4 Å². The van der Waals surface area contributed by atoms with Crippen molar-refractivity contribution in [2.24, 2.45) is 0 Å². The molecule has 16 heavy (non-hydrogen) atoms. The molecule has 0 radical (unpaired) electrons. The quantitative estimate of drug-likeness (QED) is 0.725. The van der Waals surface area contributed by atoms with Crippen LogP contribution in [-0.4, -0.2) is 6.29 Å². The van der Waals surface area contributed by atoms with Gasteiger partial charge in [0.25, 0.3) is 0 Å². The number of carbonyl (C=O) groups excluding carboxylic acids is 1. The van der Waals surface area contributed by atoms with Crippen molar-refractivity contribution in [3.8, 4) is 11.1 Å². The molecular formula is C13H8Br2O. The summed E-state index contributed by atoms with van der Waals surface area (Å²) in [5.74, 6) is 0. The van der Waals surface area contributed by atoms with Crippen LogP contribution in [0, 0.1) is 0 Å². The number of carbonyl (C=O) groups is 1. The minimum absolute atomic E-state index is 0.700. The molecule has 0 aliphatic heterocycles. The summed E-state index contributed by atoms with van der Waals surface area (Å²) < 4.78 is 1.97. The van der Waals surface area contributed by atoms with Crippen LogP contribution in [0.5, 0.6) is 0 Å². The van der Waals surface area contributed by atoms with Gasteiger partial charge in [-0.25, -0.2) is 0 Å². The Morgan fingerprint density at radius 3 is 2.38 bits per heavy atom. The van der Waals surface area contributed by atoms with Crippen LogP contribution < -0.4 is 0 Å². The summed E-state index contributed by atoms with van der Waals surface area (Å²) in [6.45, 7) is 0. The monoisotopic (exact) mass is 338 g/mol. The number of benzene rings is 2. The molecule has 0 unspecified atom stereocenters. The second-order valence-electron chi connectivity index (χ2n) is 3.33. The second kappa shape index (κ2) is 4.93. The smallest absolute Gasteiger partial charge is 0.150 e. The molecule has 1 nitrogen and oxygen atoms in total. The topological polar surface area (TPSA) is 17.1 Å². The molecule has 0 saturated heterocycles. The van der Waals surface area contributed by atoms with Gasteiger partial charge in [0.1, 0.15) is 0 Å². The van der Waals surface area contributed by atoms with E-state index in [-0.39, 0.29) is 0 Å². The van der Waals surface area contributed by atoms with Crippen molar-refractivity contribution in [2.45, 2.75) is 0 Å². The van der Waals surface area contributed by atoms with E-state index in [1.54, 1.807) is 0 Å². The highest BCUT2D eigenvalue weighted by Crippen LogP contribution is 2.32. The summed E-state index contributed by atoms with van der Waals surface area (Å²) in [5, 5.41) is 0. The molecular weight excluding hydrogens is 332 g/mol. The highest BCUT2D eigenvalue weighted by atomic mass is 79.9. The minimum Gasteiger partial charge on any atom is -0.298 e. The molecule has 0 bridgehead atoms. The van der Waals surface area contributed by atoms with Gasteiger partial charge in [0.2, 0.25) is 0 Å². The molecule has 0 N–H and O–H groups in total. The molecule has 0 fully saturated rings. The lowest BCUT2D eigenvalue weighted by Gasteiger charge is -2.07. The largest absolute Gasteiger partial charge is 0.298 e. The highest BCUT2D eigenvalue weighted by molar-refractivity contribution is 9.11. The average Bonchev–Trinajstić information content (AvgIpc) is 2.29. The Bertz CT molecular complexity index is 535. The van der Waals surface area contributed by atoms with E-state index in [2.05, 4.69) is 31.9 Å². The van der Waals surface area contributed by atoms with Crippen LogP contribution in [-0.2, 0) is 0 Å². The maximum absolute atomic E-state index is 11.0. The van der Waals surface area contributed by atoms with Gasteiger partial charge in [-0.3, -0.25) is 4.79 Å². The van der Waals surface area contributed by atoms with Gasteiger partial charge in [0.15, 0.2) is 6.29 Å². The number of hydrogen-bond donors (Lipinski definition) is 0. The van der Waals surface area contributed by atoms with Crippen molar-refractivity contribution >= 4 is 38.1 Å². The van der Waals surface area contributed by atoms with E-state index in [1.165, 1.54) is 0 Å². The Hall–Kier alpha value is -0.930. The standard InChI is InChI=1S/C13H8Br2O/c14-10-5-6-12(13(15)7-10)11-4-2-1-3-9(11)8-16/h1-8H. The van der Waals surface area contributed by atoms with E-state index < -0.39 is 0 Å². The number of halogens is 2. The van der Waals surface area contributed by atoms with Crippen LogP contribution in [0.2, 0.25) is 0 Å². The van der Waals surface area contributed by atoms with Crippen molar-refractivity contribution in [1.29, 1.82) is 0 Å². The molecule has 0 spiro atoms. The van der Waals surface area contributed by atoms with E-state index in [1.807, 2.05) is 42.5 Å². The van der Waals surface area contributed by atoms with Crippen LogP contribution >= 0.6 is 31.9 Å². The van der Waals surface area contributed by atoms with Crippen LogP contribution in [0.4, 0.5) is 0 Å². The first kappa shape index (κ1) is 11.6. The van der Waals surface area contributed by atoms with Gasteiger partial charge in [-0.1, -0.05) is 62.2 Å². The van der Waals surface area contributed by atoms with E-state index >= 15 is 0 Å². The fourth-order valence-corrected chi connectivity index (χ4v) is 2.81. The minimum atomic E-state index is 0.700. The second-order valence-corrected chi connectivity index (χ2v) is 5.10. The molecule has 0 aliphatic carbocycles. The Balaban J connectivity index is 2.62. The van der Waals surface area contributed by atoms with Gasteiger partial charge in [0, 0.05) is 14.5 Å². The molecule has 0 amide bonds. The van der Waals surface area contributed by atoms with E-state index in [9.17, 15) is 4.79 Å². The van der Waals surface area contributed by atoms with Gasteiger partial charge >= 0.3 is 0 Å². The zero-order chi connectivity index (χ0) is 11.5. The summed E-state index contributed by atoms with van der Waals surface area (Å²) in [4.78, 5) is 11.0. The fourth-order valence-electron chi connectivity index (χ4n) is 1.55. The molecule has 2 aromatic carbocycles. The Morgan fingerprint density at radius 2 is 1.69 bits per heavy atom. The first-order valence-electron chi connectivity index (χ1n) is 4.72. The first-order chi connectivity index (χ1) is 7.72. The molecule has 0 aromatic heterocycles. The average molecular weight is 340 g/mol. The van der Waals surface area contributed by atoms with Crippen molar-refractivity contribution in [1.82, 2.24) is 0 Å². The Labute approximate surface area is 111 Å². The Kier molecular flexibility index (Phi) is 3.56. The molecule has 2 rings (SSSR count). The number of rotatable bonds is 2. The van der Waals surface area contributed by atoms with Gasteiger partial charge in [-0.05, 0) is 23.3 Å². The molecule has 0 saturated carbocycles. The maximum atomic E-state index is 11.0. The number of hydrogen-bond acceptors (Lipinski definition) is 1. The molecule has 0 aliphatic rings. The summed E-state index contributed by atoms with van der Waals surface area (Å²) in [7, 11) is 0. The Morgan fingerprint density at radius 1 is 0.938 bits per heavy atom. The zero-order valence-corrected chi connectivity index (χ0v) is 11.5. The third-order valence-corrected chi connectivity index (χ3v) is 3.46. The van der Waals surface area contributed by atoms with Crippen LogP contribution in [0.3, 0.4) is 0 Å². The zero-order valence-electron chi connectivity index (χ0n) is 8.28. The molecule has 3 heteroatoms. The van der Waals surface area contributed by atoms with Crippen molar-refractivity contribution < 1.29 is 4.79 Å². The summed E-state index contributed by atoms with van der Waals surface area (Å²) in [6.07, 6.45) is 0.879. The molecule has 80 valence electrons. The summed E-state index contributed by atoms with van der Waals surface area (Å²) in [5.41, 5.74) is 2.66. The fraction of sp³-hybridized carbons (Fsp3) is 0. The normalized spacial score (nSPS) is 10.1. The predicted octanol–water partition coefficient (Wildman–Crippen LogP) is 4.69. The van der Waals surface area contributed by atoms with Crippen molar-refractivity contribution in [3.63, 3.8) is 0 Å².